The molecule has 0 bridgehead atoms. The van der Waals surface area contributed by atoms with E-state index in [0.717, 1.165) is 41.1 Å². The Labute approximate surface area is 259 Å². The standard InChI is InChI=1S/C16H12N4O9S2.3Na/c21-15-13(18-17-9-1-5-11(6-2-9)30(24,25)26)14(16(22)23)19-20(15)10-3-7-12(8-4-10)31(27,28)29;;;/h1-8,19H,(H,22,23)(H,24,25,26)(H,27,28,29);;;/q;3*+1. The van der Waals surface area contributed by atoms with E-state index in [1.54, 1.807) is 0 Å². The number of nitrogens with one attached hydrogen (secondary N) is 1. The summed E-state index contributed by atoms with van der Waals surface area (Å²) >= 11 is 0. The van der Waals surface area contributed by atoms with Gasteiger partial charge in [0.2, 0.25) is 0 Å². The molecule has 34 heavy (non-hydrogen) atoms. The van der Waals surface area contributed by atoms with Gasteiger partial charge < -0.3 is 5.11 Å². The van der Waals surface area contributed by atoms with Crippen molar-refractivity contribution in [2.45, 2.75) is 9.79 Å². The molecule has 0 saturated heterocycles. The van der Waals surface area contributed by atoms with E-state index in [4.69, 9.17) is 9.11 Å². The minimum absolute atomic E-state index is 0. The number of carboxylic acid groups (broad SMARTS) is 1. The number of azo groups is 1. The predicted molar refractivity (Wildman–Crippen MR) is 104 cm³/mol. The first-order valence-corrected chi connectivity index (χ1v) is 10.9. The van der Waals surface area contributed by atoms with Gasteiger partial charge in [0.05, 0.1) is 21.2 Å². The fraction of sp³-hybridized carbons (Fsp3) is 0. The van der Waals surface area contributed by atoms with Crippen LogP contribution in [0, 0.1) is 0 Å². The second kappa shape index (κ2) is 13.0. The summed E-state index contributed by atoms with van der Waals surface area (Å²) in [5.74, 6) is -1.53. The van der Waals surface area contributed by atoms with Crippen molar-refractivity contribution in [1.29, 1.82) is 0 Å². The van der Waals surface area contributed by atoms with Gasteiger partial charge in [0.25, 0.3) is 25.8 Å². The van der Waals surface area contributed by atoms with Gasteiger partial charge in [-0.2, -0.15) is 21.9 Å². The van der Waals surface area contributed by atoms with E-state index < -0.39 is 52.9 Å². The van der Waals surface area contributed by atoms with E-state index in [2.05, 4.69) is 15.3 Å². The minimum Gasteiger partial charge on any atom is -0.476 e. The summed E-state index contributed by atoms with van der Waals surface area (Å²) in [7, 11) is -8.87. The number of carboxylic acids is 1. The molecule has 0 radical (unpaired) electrons. The first-order valence-electron chi connectivity index (χ1n) is 8.03. The topological polar surface area (TPSA) is 209 Å². The molecular formula is C16H12N4Na3O9S2+3. The van der Waals surface area contributed by atoms with Gasteiger partial charge in [-0.15, -0.1) is 5.11 Å². The molecule has 0 aliphatic rings. The molecule has 0 aliphatic heterocycles. The van der Waals surface area contributed by atoms with Crippen molar-refractivity contribution < 1.29 is 125 Å². The molecule has 0 unspecified atom stereocenters. The molecule has 0 spiro atoms. The normalized spacial score (nSPS) is 11.2. The molecule has 0 atom stereocenters. The number of hydrogen-bond acceptors (Lipinski definition) is 8. The Kier molecular flexibility index (Phi) is 12.8. The molecule has 0 saturated carbocycles. The van der Waals surface area contributed by atoms with Gasteiger partial charge in [0, 0.05) is 0 Å². The Morgan fingerprint density at radius 1 is 0.794 bits per heavy atom. The van der Waals surface area contributed by atoms with E-state index in [0.29, 0.717) is 0 Å². The summed E-state index contributed by atoms with van der Waals surface area (Å²) in [6.45, 7) is 0. The minimum atomic E-state index is -4.46. The molecule has 18 heteroatoms. The largest absolute Gasteiger partial charge is 1.00 e. The van der Waals surface area contributed by atoms with Crippen molar-refractivity contribution in [3.8, 4) is 5.69 Å². The summed E-state index contributed by atoms with van der Waals surface area (Å²) in [5.41, 5.74) is -1.99. The van der Waals surface area contributed by atoms with Gasteiger partial charge in [-0.25, -0.2) is 9.48 Å². The van der Waals surface area contributed by atoms with Crippen molar-refractivity contribution in [3.63, 3.8) is 0 Å². The zero-order valence-electron chi connectivity index (χ0n) is 18.1. The van der Waals surface area contributed by atoms with Crippen LogP contribution in [0.5, 0.6) is 0 Å². The number of aromatic carboxylic acids is 1. The zero-order chi connectivity index (χ0) is 23.0. The molecule has 0 fully saturated rings. The van der Waals surface area contributed by atoms with Crippen LogP contribution < -0.4 is 94.2 Å². The number of benzene rings is 2. The van der Waals surface area contributed by atoms with Gasteiger partial charge >= 0.3 is 94.6 Å². The average molecular weight is 537 g/mol. The van der Waals surface area contributed by atoms with E-state index in [1.807, 2.05) is 0 Å². The van der Waals surface area contributed by atoms with Crippen molar-refractivity contribution >= 4 is 37.6 Å². The number of H-pyrrole nitrogens is 1. The van der Waals surface area contributed by atoms with Crippen molar-refractivity contribution in [3.05, 3.63) is 64.6 Å². The Morgan fingerprint density at radius 3 is 1.65 bits per heavy atom. The maximum atomic E-state index is 12.6. The van der Waals surface area contributed by atoms with Gasteiger partial charge in [0.1, 0.15) is 0 Å². The number of nitrogens with zero attached hydrogens (tertiary/aromatic N) is 3. The average Bonchev–Trinajstić information content (AvgIpc) is 3.02. The first-order chi connectivity index (χ1) is 14.4. The van der Waals surface area contributed by atoms with Crippen LogP contribution in [0.15, 0.2) is 73.3 Å². The molecule has 162 valence electrons. The second-order valence-electron chi connectivity index (χ2n) is 5.92. The second-order valence-corrected chi connectivity index (χ2v) is 8.76. The van der Waals surface area contributed by atoms with Crippen LogP contribution >= 0.6 is 0 Å². The summed E-state index contributed by atoms with van der Waals surface area (Å²) < 4.78 is 63.1. The third-order valence-corrected chi connectivity index (χ3v) is 5.61. The SMILES string of the molecule is O=C(O)c1[nH]n(-c2ccc(S(=O)(=O)O)cc2)c(=O)c1N=Nc1ccc(S(=O)(=O)O)cc1.[Na+].[Na+].[Na+]. The van der Waals surface area contributed by atoms with E-state index in [-0.39, 0.29) is 100 Å². The number of carbonyl (C=O) groups is 1. The molecule has 3 rings (SSSR count). The maximum absolute atomic E-state index is 12.6. The van der Waals surface area contributed by atoms with Crippen LogP contribution in [0.4, 0.5) is 11.4 Å². The van der Waals surface area contributed by atoms with Crippen molar-refractivity contribution in [2.24, 2.45) is 10.2 Å². The van der Waals surface area contributed by atoms with Crippen molar-refractivity contribution in [1.82, 2.24) is 9.78 Å². The molecule has 0 amide bonds. The fourth-order valence-electron chi connectivity index (χ4n) is 2.41. The molecule has 1 heterocycles. The molecule has 13 nitrogen and oxygen atoms in total. The molecular weight excluding hydrogens is 525 g/mol. The van der Waals surface area contributed by atoms with Gasteiger partial charge in [0.15, 0.2) is 11.4 Å². The Bertz CT molecular complexity index is 1470. The summed E-state index contributed by atoms with van der Waals surface area (Å²) in [6.07, 6.45) is 0. The number of aromatic nitrogens is 2. The van der Waals surface area contributed by atoms with E-state index in [1.165, 1.54) is 12.1 Å². The molecule has 2 aromatic carbocycles. The number of aromatic amines is 1. The quantitative estimate of drug-likeness (QED) is 0.134. The van der Waals surface area contributed by atoms with E-state index in [9.17, 15) is 31.5 Å². The first kappa shape index (κ1) is 33.3. The molecule has 1 aromatic heterocycles. The summed E-state index contributed by atoms with van der Waals surface area (Å²) in [5, 5.41) is 19.0. The van der Waals surface area contributed by atoms with Gasteiger partial charge in [-0.05, 0) is 48.5 Å². The van der Waals surface area contributed by atoms with Crippen LogP contribution in [-0.4, -0.2) is 46.8 Å². The van der Waals surface area contributed by atoms with Crippen LogP contribution in [0.1, 0.15) is 10.5 Å². The zero-order valence-corrected chi connectivity index (χ0v) is 25.7. The van der Waals surface area contributed by atoms with Gasteiger partial charge in [-0.3, -0.25) is 19.0 Å². The fourth-order valence-corrected chi connectivity index (χ4v) is 3.37. The van der Waals surface area contributed by atoms with Crippen LogP contribution in [-0.2, 0) is 20.2 Å². The van der Waals surface area contributed by atoms with E-state index >= 15 is 0 Å². The molecule has 4 N–H and O–H groups in total. The monoisotopic (exact) mass is 537 g/mol. The van der Waals surface area contributed by atoms with Crippen molar-refractivity contribution in [2.75, 3.05) is 0 Å². The number of hydrogen-bond donors (Lipinski definition) is 4. The molecule has 0 aliphatic carbocycles. The number of rotatable bonds is 6. The maximum Gasteiger partial charge on any atom is 1.00 e. The Balaban J connectivity index is 0.00000363. The smallest absolute Gasteiger partial charge is 0.476 e. The third-order valence-electron chi connectivity index (χ3n) is 3.87. The predicted octanol–water partition coefficient (Wildman–Crippen LogP) is -7.22. The van der Waals surface area contributed by atoms with Crippen LogP contribution in [0.25, 0.3) is 5.69 Å². The van der Waals surface area contributed by atoms with Crippen LogP contribution in [0.2, 0.25) is 0 Å². The van der Waals surface area contributed by atoms with Gasteiger partial charge in [-0.1, -0.05) is 0 Å². The van der Waals surface area contributed by atoms with Crippen LogP contribution in [0.3, 0.4) is 0 Å². The Morgan fingerprint density at radius 2 is 1.24 bits per heavy atom. The summed E-state index contributed by atoms with van der Waals surface area (Å²) in [6, 6.07) is 8.75. The molecule has 3 aromatic rings. The third kappa shape index (κ3) is 7.92. The summed E-state index contributed by atoms with van der Waals surface area (Å²) in [4.78, 5) is 23.3. The Hall–Kier alpha value is -0.660.